The number of aromatic nitrogens is 4. The molecule has 4 aromatic rings. The topological polar surface area (TPSA) is 69.1 Å². The predicted molar refractivity (Wildman–Crippen MR) is 88.7 cm³/mol. The Morgan fingerprint density at radius 2 is 1.83 bits per heavy atom. The number of pyridine rings is 1. The van der Waals surface area contributed by atoms with Crippen LogP contribution in [0, 0.1) is 0 Å². The van der Waals surface area contributed by atoms with E-state index in [9.17, 15) is 0 Å². The maximum absolute atomic E-state index is 6.33. The fraction of sp³-hybridized carbons (Fsp3) is 0.0556. The fourth-order valence-electron chi connectivity index (χ4n) is 2.61. The van der Waals surface area contributed by atoms with Crippen molar-refractivity contribution < 1.29 is 0 Å². The first-order valence-corrected chi connectivity index (χ1v) is 7.38. The van der Waals surface area contributed by atoms with Crippen LogP contribution in [0.2, 0.25) is 0 Å². The van der Waals surface area contributed by atoms with Gasteiger partial charge in [-0.05, 0) is 23.3 Å². The Balaban J connectivity index is 1.81. The van der Waals surface area contributed by atoms with Crippen LogP contribution >= 0.6 is 0 Å². The zero-order chi connectivity index (χ0) is 15.6. The van der Waals surface area contributed by atoms with Crippen LogP contribution in [0.3, 0.4) is 0 Å². The third kappa shape index (κ3) is 2.47. The molecule has 0 bridgehead atoms. The van der Waals surface area contributed by atoms with Crippen molar-refractivity contribution in [2.24, 2.45) is 5.73 Å². The van der Waals surface area contributed by atoms with Crippen LogP contribution in [-0.4, -0.2) is 19.6 Å². The molecular formula is C18H15N5. The maximum Gasteiger partial charge on any atom is 0.163 e. The molecule has 2 N–H and O–H groups in total. The van der Waals surface area contributed by atoms with Gasteiger partial charge in [-0.15, -0.1) is 0 Å². The summed E-state index contributed by atoms with van der Waals surface area (Å²) in [6, 6.07) is 15.5. The largest absolute Gasteiger partial charge is 0.319 e. The Morgan fingerprint density at radius 3 is 2.61 bits per heavy atom. The van der Waals surface area contributed by atoms with Crippen molar-refractivity contribution in [3.8, 4) is 11.1 Å². The van der Waals surface area contributed by atoms with E-state index in [1.54, 1.807) is 16.9 Å². The Morgan fingerprint density at radius 1 is 0.957 bits per heavy atom. The van der Waals surface area contributed by atoms with Gasteiger partial charge in [0.05, 0.1) is 17.9 Å². The van der Waals surface area contributed by atoms with Crippen molar-refractivity contribution in [2.45, 2.75) is 6.04 Å². The van der Waals surface area contributed by atoms with Gasteiger partial charge in [0.2, 0.25) is 0 Å². The number of rotatable bonds is 3. The first-order valence-electron chi connectivity index (χ1n) is 7.38. The number of fused-ring (bicyclic) bond motifs is 1. The third-order valence-electron chi connectivity index (χ3n) is 3.84. The summed E-state index contributed by atoms with van der Waals surface area (Å²) in [5, 5.41) is 4.37. The average molecular weight is 301 g/mol. The van der Waals surface area contributed by atoms with Gasteiger partial charge in [0.1, 0.15) is 0 Å². The van der Waals surface area contributed by atoms with E-state index in [0.29, 0.717) is 0 Å². The molecule has 0 aliphatic rings. The van der Waals surface area contributed by atoms with Crippen LogP contribution in [-0.2, 0) is 0 Å². The molecule has 1 unspecified atom stereocenters. The Hall–Kier alpha value is -3.05. The molecule has 0 saturated carbocycles. The lowest BCUT2D eigenvalue weighted by molar-refractivity contribution is 0.809. The highest BCUT2D eigenvalue weighted by atomic mass is 15.2. The second kappa shape index (κ2) is 5.62. The third-order valence-corrected chi connectivity index (χ3v) is 3.84. The normalized spacial score (nSPS) is 12.4. The van der Waals surface area contributed by atoms with Crippen molar-refractivity contribution in [3.05, 3.63) is 84.6 Å². The number of benzene rings is 1. The van der Waals surface area contributed by atoms with Crippen molar-refractivity contribution in [1.82, 2.24) is 19.6 Å². The van der Waals surface area contributed by atoms with E-state index < -0.39 is 0 Å². The predicted octanol–water partition coefficient (Wildman–Crippen LogP) is 2.84. The van der Waals surface area contributed by atoms with E-state index in [4.69, 9.17) is 10.7 Å². The molecule has 5 heteroatoms. The lowest BCUT2D eigenvalue weighted by Gasteiger charge is -2.11. The molecule has 0 aliphatic heterocycles. The molecule has 3 heterocycles. The summed E-state index contributed by atoms with van der Waals surface area (Å²) in [6.45, 7) is 0. The smallest absolute Gasteiger partial charge is 0.163 e. The number of nitrogens with zero attached hydrogens (tertiary/aromatic N) is 4. The molecule has 4 rings (SSSR count). The molecule has 3 aromatic heterocycles. The van der Waals surface area contributed by atoms with Crippen molar-refractivity contribution in [1.29, 1.82) is 0 Å². The van der Waals surface area contributed by atoms with Crippen LogP contribution < -0.4 is 5.73 Å². The van der Waals surface area contributed by atoms with E-state index in [1.807, 2.05) is 60.9 Å². The van der Waals surface area contributed by atoms with E-state index >= 15 is 0 Å². The minimum atomic E-state index is -0.313. The van der Waals surface area contributed by atoms with E-state index in [-0.39, 0.29) is 6.04 Å². The molecule has 23 heavy (non-hydrogen) atoms. The summed E-state index contributed by atoms with van der Waals surface area (Å²) in [5.74, 6) is 0. The number of hydrogen-bond acceptors (Lipinski definition) is 4. The van der Waals surface area contributed by atoms with Crippen LogP contribution in [0.25, 0.3) is 16.8 Å². The number of hydrogen-bond donors (Lipinski definition) is 1. The van der Waals surface area contributed by atoms with Crippen LogP contribution in [0.1, 0.15) is 17.3 Å². The molecule has 0 radical (unpaired) electrons. The zero-order valence-electron chi connectivity index (χ0n) is 12.4. The summed E-state index contributed by atoms with van der Waals surface area (Å²) in [4.78, 5) is 8.86. The Kier molecular flexibility index (Phi) is 3.33. The summed E-state index contributed by atoms with van der Waals surface area (Å²) >= 11 is 0. The molecular weight excluding hydrogens is 286 g/mol. The van der Waals surface area contributed by atoms with Crippen molar-refractivity contribution in [3.63, 3.8) is 0 Å². The summed E-state index contributed by atoms with van der Waals surface area (Å²) in [5.41, 5.74) is 10.9. The van der Waals surface area contributed by atoms with Gasteiger partial charge < -0.3 is 5.73 Å². The molecule has 1 aromatic carbocycles. The van der Waals surface area contributed by atoms with Crippen LogP contribution in [0.4, 0.5) is 0 Å². The lowest BCUT2D eigenvalue weighted by atomic mass is 10.1. The molecule has 1 atom stereocenters. The minimum Gasteiger partial charge on any atom is -0.319 e. The van der Waals surface area contributed by atoms with Gasteiger partial charge in [0.25, 0.3) is 0 Å². The van der Waals surface area contributed by atoms with Gasteiger partial charge in [0, 0.05) is 24.2 Å². The van der Waals surface area contributed by atoms with E-state index in [0.717, 1.165) is 28.0 Å². The Bertz CT molecular complexity index is 931. The molecule has 112 valence electrons. The molecule has 5 nitrogen and oxygen atoms in total. The van der Waals surface area contributed by atoms with Gasteiger partial charge in [0.15, 0.2) is 5.65 Å². The summed E-state index contributed by atoms with van der Waals surface area (Å²) in [7, 11) is 0. The van der Waals surface area contributed by atoms with Gasteiger partial charge in [-0.1, -0.05) is 36.4 Å². The SMILES string of the molecule is NC(c1cccnc1)c1ccn2ncc(-c3ccccc3)c2n1. The fourth-order valence-corrected chi connectivity index (χ4v) is 2.61. The highest BCUT2D eigenvalue weighted by molar-refractivity contribution is 5.76. The van der Waals surface area contributed by atoms with E-state index in [2.05, 4.69) is 10.1 Å². The standard InChI is InChI=1S/C18H15N5/c19-17(14-7-4-9-20-11-14)16-8-10-23-18(22-16)15(12-21-23)13-5-2-1-3-6-13/h1-12,17H,19H2. The first-order chi connectivity index (χ1) is 11.3. The molecule has 0 aliphatic carbocycles. The lowest BCUT2D eigenvalue weighted by Crippen LogP contribution is -2.14. The first kappa shape index (κ1) is 13.6. The highest BCUT2D eigenvalue weighted by Crippen LogP contribution is 2.24. The number of nitrogens with two attached hydrogens (primary N) is 1. The molecule has 0 amide bonds. The molecule has 0 fully saturated rings. The average Bonchev–Trinajstić information content (AvgIpc) is 3.05. The van der Waals surface area contributed by atoms with Crippen LogP contribution in [0.15, 0.2) is 73.3 Å². The van der Waals surface area contributed by atoms with Gasteiger partial charge in [-0.2, -0.15) is 5.10 Å². The highest BCUT2D eigenvalue weighted by Gasteiger charge is 2.14. The van der Waals surface area contributed by atoms with Crippen molar-refractivity contribution in [2.75, 3.05) is 0 Å². The van der Waals surface area contributed by atoms with Gasteiger partial charge >= 0.3 is 0 Å². The van der Waals surface area contributed by atoms with E-state index in [1.165, 1.54) is 0 Å². The zero-order valence-corrected chi connectivity index (χ0v) is 12.4. The molecule has 0 spiro atoms. The maximum atomic E-state index is 6.33. The van der Waals surface area contributed by atoms with Crippen molar-refractivity contribution >= 4 is 5.65 Å². The summed E-state index contributed by atoms with van der Waals surface area (Å²) in [6.07, 6.45) is 7.22. The second-order valence-corrected chi connectivity index (χ2v) is 5.31. The Labute approximate surface area is 133 Å². The quantitative estimate of drug-likeness (QED) is 0.632. The second-order valence-electron chi connectivity index (χ2n) is 5.31. The van der Waals surface area contributed by atoms with Gasteiger partial charge in [-0.25, -0.2) is 9.50 Å². The minimum absolute atomic E-state index is 0.313. The van der Waals surface area contributed by atoms with Gasteiger partial charge in [-0.3, -0.25) is 4.98 Å². The van der Waals surface area contributed by atoms with Crippen LogP contribution in [0.5, 0.6) is 0 Å². The molecule has 0 saturated heterocycles. The summed E-state index contributed by atoms with van der Waals surface area (Å²) < 4.78 is 1.77. The monoisotopic (exact) mass is 301 g/mol.